The van der Waals surface area contributed by atoms with E-state index in [1.807, 2.05) is 6.07 Å². The van der Waals surface area contributed by atoms with E-state index in [-0.39, 0.29) is 30.6 Å². The zero-order valence-electron chi connectivity index (χ0n) is 15.6. The molecular weight excluding hydrogens is 378 g/mol. The summed E-state index contributed by atoms with van der Waals surface area (Å²) in [6.45, 7) is 0.393. The van der Waals surface area contributed by atoms with E-state index in [2.05, 4.69) is 10.6 Å². The average Bonchev–Trinajstić information content (AvgIpc) is 3.34. The van der Waals surface area contributed by atoms with Crippen LogP contribution in [-0.2, 0) is 6.54 Å². The Kier molecular flexibility index (Phi) is 5.22. The Morgan fingerprint density at radius 3 is 2.76 bits per heavy atom. The van der Waals surface area contributed by atoms with Gasteiger partial charge < -0.3 is 25.2 Å². The fourth-order valence-corrected chi connectivity index (χ4v) is 3.60. The second kappa shape index (κ2) is 7.96. The number of nitro benzene ring substituents is 1. The lowest BCUT2D eigenvalue weighted by Crippen LogP contribution is -2.30. The number of rotatable bonds is 6. The molecule has 2 aromatic rings. The highest BCUT2D eigenvalue weighted by molar-refractivity contribution is 6.00. The van der Waals surface area contributed by atoms with Crippen LogP contribution in [0.3, 0.4) is 0 Å². The smallest absolute Gasteiger partial charge is 0.270 e. The maximum atomic E-state index is 12.8. The largest absolute Gasteiger partial charge is 0.454 e. The first kappa shape index (κ1) is 19.0. The minimum atomic E-state index is -0.539. The number of nitro groups is 1. The lowest BCUT2D eigenvalue weighted by atomic mass is 10.1. The summed E-state index contributed by atoms with van der Waals surface area (Å²) in [5.74, 6) is 0.825. The molecule has 1 heterocycles. The van der Waals surface area contributed by atoms with Crippen molar-refractivity contribution in [1.82, 2.24) is 5.32 Å². The van der Waals surface area contributed by atoms with Crippen molar-refractivity contribution in [2.75, 3.05) is 12.1 Å². The highest BCUT2D eigenvalue weighted by Crippen LogP contribution is 2.32. The maximum absolute atomic E-state index is 12.8. The SMILES string of the molecule is O=C(NCc1ccc2c(c1)OCO2)c1cc([N+](=O)[O-])ccc1N[C@@H]1CCC[C@H]1O. The molecule has 1 saturated carbocycles. The normalized spacial score (nSPS) is 19.8. The van der Waals surface area contributed by atoms with Gasteiger partial charge >= 0.3 is 0 Å². The third kappa shape index (κ3) is 4.09. The minimum Gasteiger partial charge on any atom is -0.454 e. The Balaban J connectivity index is 1.52. The predicted molar refractivity (Wildman–Crippen MR) is 104 cm³/mol. The van der Waals surface area contributed by atoms with E-state index in [1.165, 1.54) is 18.2 Å². The number of hydrogen-bond donors (Lipinski definition) is 3. The van der Waals surface area contributed by atoms with Crippen molar-refractivity contribution >= 4 is 17.3 Å². The van der Waals surface area contributed by atoms with Gasteiger partial charge in [-0.2, -0.15) is 0 Å². The standard InChI is InChI=1S/C20H21N3O6/c24-17-3-1-2-16(17)22-15-6-5-13(23(26)27)9-14(15)20(25)21-10-12-4-7-18-19(8-12)29-11-28-18/h4-9,16-17,22,24H,1-3,10-11H2,(H,21,25)/t16-,17-/m1/s1. The number of nitrogens with one attached hydrogen (secondary N) is 2. The number of fused-ring (bicyclic) bond motifs is 1. The van der Waals surface area contributed by atoms with Crippen LogP contribution in [0.15, 0.2) is 36.4 Å². The van der Waals surface area contributed by atoms with E-state index in [0.717, 1.165) is 18.4 Å². The Labute approximate surface area is 166 Å². The van der Waals surface area contributed by atoms with Crippen LogP contribution in [0, 0.1) is 10.1 Å². The highest BCUT2D eigenvalue weighted by Gasteiger charge is 2.27. The molecule has 0 saturated heterocycles. The van der Waals surface area contributed by atoms with E-state index < -0.39 is 16.9 Å². The number of anilines is 1. The molecule has 0 spiro atoms. The molecular formula is C20H21N3O6. The molecule has 1 aliphatic heterocycles. The quantitative estimate of drug-likeness (QED) is 0.504. The first-order valence-electron chi connectivity index (χ1n) is 9.41. The van der Waals surface area contributed by atoms with Crippen molar-refractivity contribution in [2.45, 2.75) is 38.0 Å². The first-order valence-corrected chi connectivity index (χ1v) is 9.41. The van der Waals surface area contributed by atoms with Gasteiger partial charge in [0.1, 0.15) is 0 Å². The summed E-state index contributed by atoms with van der Waals surface area (Å²) in [6, 6.07) is 9.29. The third-order valence-electron chi connectivity index (χ3n) is 5.17. The Morgan fingerprint density at radius 2 is 2.00 bits per heavy atom. The number of non-ortho nitro benzene ring substituents is 1. The average molecular weight is 399 g/mol. The van der Waals surface area contributed by atoms with Gasteiger partial charge in [0.15, 0.2) is 11.5 Å². The van der Waals surface area contributed by atoms with Gasteiger partial charge in [-0.25, -0.2) is 0 Å². The second-order valence-corrected chi connectivity index (χ2v) is 7.11. The van der Waals surface area contributed by atoms with Gasteiger partial charge in [-0.3, -0.25) is 14.9 Å². The molecule has 0 radical (unpaired) electrons. The van der Waals surface area contributed by atoms with E-state index in [9.17, 15) is 20.0 Å². The van der Waals surface area contributed by atoms with Crippen molar-refractivity contribution in [3.05, 3.63) is 57.6 Å². The summed E-state index contributed by atoms with van der Waals surface area (Å²) in [6.07, 6.45) is 1.85. The number of aliphatic hydroxyl groups excluding tert-OH is 1. The molecule has 1 fully saturated rings. The van der Waals surface area contributed by atoms with E-state index in [0.29, 0.717) is 23.6 Å². The molecule has 0 aromatic heterocycles. The molecule has 1 amide bonds. The van der Waals surface area contributed by atoms with Crippen LogP contribution in [0.5, 0.6) is 11.5 Å². The molecule has 2 atom stereocenters. The molecule has 152 valence electrons. The topological polar surface area (TPSA) is 123 Å². The molecule has 1 aliphatic carbocycles. The minimum absolute atomic E-state index is 0.166. The van der Waals surface area contributed by atoms with Crippen molar-refractivity contribution in [3.63, 3.8) is 0 Å². The lowest BCUT2D eigenvalue weighted by molar-refractivity contribution is -0.384. The van der Waals surface area contributed by atoms with E-state index in [4.69, 9.17) is 9.47 Å². The summed E-state index contributed by atoms with van der Waals surface area (Å²) in [5, 5.41) is 27.2. The maximum Gasteiger partial charge on any atom is 0.270 e. The van der Waals surface area contributed by atoms with Crippen molar-refractivity contribution in [1.29, 1.82) is 0 Å². The summed E-state index contributed by atoms with van der Waals surface area (Å²) >= 11 is 0. The lowest BCUT2D eigenvalue weighted by Gasteiger charge is -2.20. The van der Waals surface area contributed by atoms with Crippen molar-refractivity contribution < 1.29 is 24.3 Å². The fraction of sp³-hybridized carbons (Fsp3) is 0.350. The van der Waals surface area contributed by atoms with Gasteiger partial charge in [-0.1, -0.05) is 6.07 Å². The van der Waals surface area contributed by atoms with Crippen LogP contribution in [0.2, 0.25) is 0 Å². The summed E-state index contributed by atoms with van der Waals surface area (Å²) < 4.78 is 10.6. The number of nitrogens with zero attached hydrogens (tertiary/aromatic N) is 1. The van der Waals surface area contributed by atoms with Crippen LogP contribution in [0.1, 0.15) is 35.2 Å². The molecule has 29 heavy (non-hydrogen) atoms. The van der Waals surface area contributed by atoms with Gasteiger partial charge in [0.05, 0.1) is 22.6 Å². The number of aliphatic hydroxyl groups is 1. The molecule has 2 aromatic carbocycles. The number of amides is 1. The van der Waals surface area contributed by atoms with Crippen LogP contribution in [-0.4, -0.2) is 34.9 Å². The first-order chi connectivity index (χ1) is 14.0. The van der Waals surface area contributed by atoms with Gasteiger partial charge in [-0.05, 0) is 43.0 Å². The molecule has 9 nitrogen and oxygen atoms in total. The second-order valence-electron chi connectivity index (χ2n) is 7.11. The summed E-state index contributed by atoms with van der Waals surface area (Å²) in [7, 11) is 0. The predicted octanol–water partition coefficient (Wildman–Crippen LogP) is 2.58. The number of hydrogen-bond acceptors (Lipinski definition) is 7. The summed E-state index contributed by atoms with van der Waals surface area (Å²) in [5.41, 5.74) is 1.27. The van der Waals surface area contributed by atoms with Gasteiger partial charge in [-0.15, -0.1) is 0 Å². The number of benzene rings is 2. The Bertz CT molecular complexity index is 948. The zero-order valence-corrected chi connectivity index (χ0v) is 15.6. The highest BCUT2D eigenvalue weighted by atomic mass is 16.7. The van der Waals surface area contributed by atoms with Gasteiger partial charge in [0.25, 0.3) is 11.6 Å². The third-order valence-corrected chi connectivity index (χ3v) is 5.17. The van der Waals surface area contributed by atoms with Gasteiger partial charge in [0.2, 0.25) is 6.79 Å². The number of carbonyl (C=O) groups excluding carboxylic acids is 1. The van der Waals surface area contributed by atoms with Crippen LogP contribution >= 0.6 is 0 Å². The zero-order chi connectivity index (χ0) is 20.4. The monoisotopic (exact) mass is 399 g/mol. The van der Waals surface area contributed by atoms with E-state index in [1.54, 1.807) is 12.1 Å². The Hall–Kier alpha value is -3.33. The molecule has 2 aliphatic rings. The fourth-order valence-electron chi connectivity index (χ4n) is 3.60. The molecule has 9 heteroatoms. The number of carbonyl (C=O) groups is 1. The molecule has 3 N–H and O–H groups in total. The van der Waals surface area contributed by atoms with Crippen molar-refractivity contribution in [3.8, 4) is 11.5 Å². The van der Waals surface area contributed by atoms with Crippen LogP contribution in [0.4, 0.5) is 11.4 Å². The van der Waals surface area contributed by atoms with Gasteiger partial charge in [0, 0.05) is 24.4 Å². The number of ether oxygens (including phenoxy) is 2. The van der Waals surface area contributed by atoms with Crippen LogP contribution in [0.25, 0.3) is 0 Å². The molecule has 4 rings (SSSR count). The molecule has 0 unspecified atom stereocenters. The van der Waals surface area contributed by atoms with Crippen LogP contribution < -0.4 is 20.1 Å². The summed E-state index contributed by atoms with van der Waals surface area (Å²) in [4.78, 5) is 23.4. The van der Waals surface area contributed by atoms with E-state index >= 15 is 0 Å². The molecule has 0 bridgehead atoms. The Morgan fingerprint density at radius 1 is 1.17 bits per heavy atom. The van der Waals surface area contributed by atoms with Crippen molar-refractivity contribution in [2.24, 2.45) is 0 Å².